The van der Waals surface area contributed by atoms with Crippen molar-refractivity contribution >= 4 is 6.09 Å². The van der Waals surface area contributed by atoms with Crippen molar-refractivity contribution in [3.05, 3.63) is 71.8 Å². The molecule has 2 atom stereocenters. The third-order valence-electron chi connectivity index (χ3n) is 4.55. The quantitative estimate of drug-likeness (QED) is 0.874. The highest BCUT2D eigenvalue weighted by atomic mass is 16.6. The zero-order valence-corrected chi connectivity index (χ0v) is 14.8. The number of benzene rings is 2. The topological polar surface area (TPSA) is 50.4 Å². The molecule has 0 unspecified atom stereocenters. The first kappa shape index (κ1) is 17.5. The minimum atomic E-state index is -0.335. The maximum absolute atomic E-state index is 11.9. The maximum atomic E-state index is 11.9. The number of ether oxygens (including phenoxy) is 1. The number of rotatable bonds is 5. The van der Waals surface area contributed by atoms with Crippen molar-refractivity contribution in [3.8, 4) is 0 Å². The summed E-state index contributed by atoms with van der Waals surface area (Å²) in [4.78, 5) is 11.9. The van der Waals surface area contributed by atoms with Crippen LogP contribution in [0.15, 0.2) is 60.7 Å². The largest absolute Gasteiger partial charge is 0.447 e. The van der Waals surface area contributed by atoms with Crippen LogP contribution >= 0.6 is 0 Å². The van der Waals surface area contributed by atoms with Crippen LogP contribution < -0.4 is 10.6 Å². The van der Waals surface area contributed by atoms with Gasteiger partial charge in [0.2, 0.25) is 0 Å². The molecule has 0 aromatic heterocycles. The lowest BCUT2D eigenvalue weighted by atomic mass is 9.84. The van der Waals surface area contributed by atoms with Crippen LogP contribution in [0.5, 0.6) is 0 Å². The first-order valence-corrected chi connectivity index (χ1v) is 8.94. The van der Waals surface area contributed by atoms with Crippen molar-refractivity contribution < 1.29 is 9.53 Å². The lowest BCUT2D eigenvalue weighted by Gasteiger charge is -2.25. The van der Waals surface area contributed by atoms with E-state index in [0.29, 0.717) is 0 Å². The van der Waals surface area contributed by atoms with Crippen LogP contribution in [-0.2, 0) is 4.74 Å². The minimum absolute atomic E-state index is 0.0891. The summed E-state index contributed by atoms with van der Waals surface area (Å²) in [5, 5.41) is 6.57. The fourth-order valence-electron chi connectivity index (χ4n) is 3.52. The van der Waals surface area contributed by atoms with Gasteiger partial charge in [-0.25, -0.2) is 4.79 Å². The van der Waals surface area contributed by atoms with E-state index in [0.717, 1.165) is 13.0 Å². The molecule has 132 valence electrons. The van der Waals surface area contributed by atoms with E-state index >= 15 is 0 Å². The van der Waals surface area contributed by atoms with Gasteiger partial charge in [0.25, 0.3) is 0 Å². The van der Waals surface area contributed by atoms with Crippen molar-refractivity contribution in [2.24, 2.45) is 0 Å². The average Bonchev–Trinajstić information content (AvgIpc) is 3.04. The van der Waals surface area contributed by atoms with Gasteiger partial charge in [-0.3, -0.25) is 0 Å². The summed E-state index contributed by atoms with van der Waals surface area (Å²) in [5.41, 5.74) is 2.58. The third kappa shape index (κ3) is 4.60. The first-order valence-electron chi connectivity index (χ1n) is 8.94. The summed E-state index contributed by atoms with van der Waals surface area (Å²) < 4.78 is 5.20. The minimum Gasteiger partial charge on any atom is -0.447 e. The van der Waals surface area contributed by atoms with Crippen molar-refractivity contribution in [3.63, 3.8) is 0 Å². The Labute approximate surface area is 149 Å². The molecule has 0 radical (unpaired) electrons. The highest BCUT2D eigenvalue weighted by molar-refractivity contribution is 5.67. The van der Waals surface area contributed by atoms with Gasteiger partial charge >= 0.3 is 6.09 Å². The predicted molar refractivity (Wildman–Crippen MR) is 99.7 cm³/mol. The molecular weight excluding hydrogens is 312 g/mol. The van der Waals surface area contributed by atoms with E-state index in [9.17, 15) is 4.79 Å². The van der Waals surface area contributed by atoms with Gasteiger partial charge in [-0.05, 0) is 31.4 Å². The summed E-state index contributed by atoms with van der Waals surface area (Å²) >= 11 is 0. The molecule has 3 rings (SSSR count). The number of carbonyl (C=O) groups excluding carboxylic acids is 1. The molecule has 2 aromatic carbocycles. The molecule has 1 amide bonds. The molecule has 25 heavy (non-hydrogen) atoms. The normalized spacial score (nSPS) is 20.0. The number of hydrogen-bond donors (Lipinski definition) is 2. The van der Waals surface area contributed by atoms with Gasteiger partial charge in [0.1, 0.15) is 0 Å². The molecule has 0 aliphatic carbocycles. The molecule has 4 heteroatoms. The van der Waals surface area contributed by atoms with Crippen LogP contribution in [-0.4, -0.2) is 30.8 Å². The third-order valence-corrected chi connectivity index (χ3v) is 4.55. The van der Waals surface area contributed by atoms with E-state index in [1.165, 1.54) is 11.1 Å². The summed E-state index contributed by atoms with van der Waals surface area (Å²) in [7, 11) is 0. The summed E-state index contributed by atoms with van der Waals surface area (Å²) in [6.07, 6.45) is 0.437. The fraction of sp³-hybridized carbons (Fsp3) is 0.381. The number of carbonyl (C=O) groups is 1. The van der Waals surface area contributed by atoms with Crippen LogP contribution in [0.3, 0.4) is 0 Å². The molecule has 1 fully saturated rings. The molecule has 2 N–H and O–H groups in total. The molecule has 1 aliphatic rings. The number of nitrogens with one attached hydrogen (secondary N) is 2. The van der Waals surface area contributed by atoms with Crippen LogP contribution in [0.1, 0.15) is 37.3 Å². The Morgan fingerprint density at radius 1 is 1.04 bits per heavy atom. The Balaban J connectivity index is 1.74. The molecular formula is C21H26N2O2. The van der Waals surface area contributed by atoms with Crippen molar-refractivity contribution in [1.29, 1.82) is 0 Å². The second kappa shape index (κ2) is 8.17. The van der Waals surface area contributed by atoms with Gasteiger partial charge in [0, 0.05) is 24.5 Å². The van der Waals surface area contributed by atoms with E-state index in [-0.39, 0.29) is 30.2 Å². The van der Waals surface area contributed by atoms with Crippen molar-refractivity contribution in [2.75, 3.05) is 6.54 Å². The standard InChI is InChI=1S/C21H26N2O2/c1-15(2)25-21(24)23-18-13-19(22-14-18)20(16-9-5-3-6-10-16)17-11-7-4-8-12-17/h3-12,15,18-20,22H,13-14H2,1-2H3,(H,23,24)/t18-,19-/m1/s1. The van der Waals surface area contributed by atoms with Crippen molar-refractivity contribution in [1.82, 2.24) is 10.6 Å². The highest BCUT2D eigenvalue weighted by Crippen LogP contribution is 2.32. The number of hydrogen-bond acceptors (Lipinski definition) is 3. The fourth-order valence-corrected chi connectivity index (χ4v) is 3.52. The van der Waals surface area contributed by atoms with E-state index < -0.39 is 0 Å². The smallest absolute Gasteiger partial charge is 0.407 e. The summed E-state index contributed by atoms with van der Waals surface area (Å²) in [6.45, 7) is 4.47. The highest BCUT2D eigenvalue weighted by Gasteiger charge is 2.33. The van der Waals surface area contributed by atoms with Crippen LogP contribution in [0, 0.1) is 0 Å². The maximum Gasteiger partial charge on any atom is 0.407 e. The van der Waals surface area contributed by atoms with Gasteiger partial charge in [0.05, 0.1) is 6.10 Å². The molecule has 2 aromatic rings. The molecule has 1 heterocycles. The monoisotopic (exact) mass is 338 g/mol. The molecule has 0 bridgehead atoms. The second-order valence-electron chi connectivity index (χ2n) is 6.84. The summed E-state index contributed by atoms with van der Waals surface area (Å²) in [6, 6.07) is 21.5. The second-order valence-corrected chi connectivity index (χ2v) is 6.84. The molecule has 0 spiro atoms. The lowest BCUT2D eigenvalue weighted by Crippen LogP contribution is -2.37. The molecule has 1 aliphatic heterocycles. The Kier molecular flexibility index (Phi) is 5.71. The SMILES string of the molecule is CC(C)OC(=O)N[C@H]1CN[C@@H](C(c2ccccc2)c2ccccc2)C1. The Hall–Kier alpha value is -2.33. The van der Waals surface area contributed by atoms with Crippen LogP contribution in [0.25, 0.3) is 0 Å². The zero-order chi connectivity index (χ0) is 17.6. The Morgan fingerprint density at radius 2 is 1.60 bits per heavy atom. The van der Waals surface area contributed by atoms with Gasteiger partial charge in [-0.2, -0.15) is 0 Å². The van der Waals surface area contributed by atoms with Gasteiger partial charge in [-0.15, -0.1) is 0 Å². The predicted octanol–water partition coefficient (Wildman–Crippen LogP) is 3.68. The zero-order valence-electron chi connectivity index (χ0n) is 14.8. The van der Waals surface area contributed by atoms with E-state index in [4.69, 9.17) is 4.74 Å². The van der Waals surface area contributed by atoms with Gasteiger partial charge in [-0.1, -0.05) is 60.7 Å². The summed E-state index contributed by atoms with van der Waals surface area (Å²) in [5.74, 6) is 0.260. The molecule has 4 nitrogen and oxygen atoms in total. The average molecular weight is 338 g/mol. The van der Waals surface area contributed by atoms with Crippen LogP contribution in [0.4, 0.5) is 4.79 Å². The Bertz CT molecular complexity index is 633. The number of amides is 1. The van der Waals surface area contributed by atoms with Crippen LogP contribution in [0.2, 0.25) is 0 Å². The molecule has 0 saturated carbocycles. The lowest BCUT2D eigenvalue weighted by molar-refractivity contribution is 0.112. The Morgan fingerprint density at radius 3 is 2.12 bits per heavy atom. The van der Waals surface area contributed by atoms with Gasteiger partial charge in [0.15, 0.2) is 0 Å². The first-order chi connectivity index (χ1) is 12.1. The van der Waals surface area contributed by atoms with E-state index in [1.54, 1.807) is 0 Å². The molecule has 1 saturated heterocycles. The van der Waals surface area contributed by atoms with Gasteiger partial charge < -0.3 is 15.4 Å². The van der Waals surface area contributed by atoms with E-state index in [1.807, 2.05) is 26.0 Å². The number of alkyl carbamates (subject to hydrolysis) is 1. The van der Waals surface area contributed by atoms with Crippen molar-refractivity contribution in [2.45, 2.75) is 44.4 Å². The van der Waals surface area contributed by atoms with E-state index in [2.05, 4.69) is 59.2 Å².